The molecule has 1 aliphatic rings. The molecular weight excluding hydrogens is 444 g/mol. The fourth-order valence-corrected chi connectivity index (χ4v) is 4.09. The number of aliphatic hydroxyl groups excluding tert-OH is 1. The Hall–Kier alpha value is -4.10. The highest BCUT2D eigenvalue weighted by Gasteiger charge is 2.46. The van der Waals surface area contributed by atoms with Crippen molar-refractivity contribution in [3.05, 3.63) is 101 Å². The maximum absolute atomic E-state index is 13.6. The molecule has 1 aliphatic heterocycles. The summed E-state index contributed by atoms with van der Waals surface area (Å²) >= 11 is 6.01. The maximum Gasteiger partial charge on any atom is 0.294 e. The first-order chi connectivity index (χ1) is 16.0. The van der Waals surface area contributed by atoms with Gasteiger partial charge in [0.15, 0.2) is 22.9 Å². The largest absolute Gasteiger partial charge is 0.503 e. The first-order valence-corrected chi connectivity index (χ1v) is 10.4. The normalized spacial score (nSPS) is 16.0. The van der Waals surface area contributed by atoms with Gasteiger partial charge in [0.25, 0.3) is 5.91 Å². The summed E-state index contributed by atoms with van der Waals surface area (Å²) in [7, 11) is 1.50. The van der Waals surface area contributed by atoms with Gasteiger partial charge >= 0.3 is 0 Å². The molecule has 0 saturated heterocycles. The van der Waals surface area contributed by atoms with Crippen LogP contribution in [0.2, 0.25) is 5.02 Å². The summed E-state index contributed by atoms with van der Waals surface area (Å²) in [5, 5.41) is 12.0. The van der Waals surface area contributed by atoms with Gasteiger partial charge in [-0.05, 0) is 48.5 Å². The number of benzene rings is 2. The highest BCUT2D eigenvalue weighted by molar-refractivity contribution is 6.30. The summed E-state index contributed by atoms with van der Waals surface area (Å²) in [5.74, 6) is -1.55. The summed E-state index contributed by atoms with van der Waals surface area (Å²) in [6, 6.07) is 17.6. The number of amides is 1. The number of carbonyl (C=O) groups is 2. The minimum absolute atomic E-state index is 0.0252. The van der Waals surface area contributed by atoms with Gasteiger partial charge in [-0.25, -0.2) is 0 Å². The molecule has 0 spiro atoms. The number of nitrogens with zero attached hydrogens (tertiary/aromatic N) is 2. The molecule has 4 aromatic rings. The number of hydrogen-bond acceptors (Lipinski definition) is 6. The standard InChI is InChI=1S/C25H17ClN2O5/c1-32-18-7-4-5-14-13-19(33-24(14)18)22(29)20-21(17-6-2-3-12-27-17)28(25(31)23(20)30)16-10-8-15(26)9-11-16/h2-13,21,30H,1H3. The molecule has 164 valence electrons. The number of pyridine rings is 1. The van der Waals surface area contributed by atoms with Crippen molar-refractivity contribution in [1.29, 1.82) is 0 Å². The van der Waals surface area contributed by atoms with Gasteiger partial charge < -0.3 is 14.3 Å². The third-order valence-electron chi connectivity index (χ3n) is 5.48. The molecule has 2 aromatic carbocycles. The monoisotopic (exact) mass is 460 g/mol. The Morgan fingerprint density at radius 2 is 1.91 bits per heavy atom. The zero-order valence-corrected chi connectivity index (χ0v) is 18.1. The van der Waals surface area contributed by atoms with Crippen molar-refractivity contribution in [2.24, 2.45) is 0 Å². The van der Waals surface area contributed by atoms with Crippen LogP contribution in [0.4, 0.5) is 5.69 Å². The van der Waals surface area contributed by atoms with E-state index >= 15 is 0 Å². The van der Waals surface area contributed by atoms with Crippen LogP contribution in [0, 0.1) is 0 Å². The first kappa shape index (κ1) is 20.8. The third kappa shape index (κ3) is 3.43. The number of aliphatic hydroxyl groups is 1. The number of ketones is 1. The van der Waals surface area contributed by atoms with Gasteiger partial charge in [0.1, 0.15) is 6.04 Å². The van der Waals surface area contributed by atoms with Crippen LogP contribution in [0.15, 0.2) is 88.7 Å². The van der Waals surface area contributed by atoms with Crippen molar-refractivity contribution >= 4 is 39.9 Å². The fraction of sp³-hybridized carbons (Fsp3) is 0.0800. The number of fused-ring (bicyclic) bond motifs is 1. The third-order valence-corrected chi connectivity index (χ3v) is 5.73. The van der Waals surface area contributed by atoms with E-state index in [0.29, 0.717) is 33.1 Å². The molecule has 33 heavy (non-hydrogen) atoms. The quantitative estimate of drug-likeness (QED) is 0.408. The smallest absolute Gasteiger partial charge is 0.294 e. The second kappa shape index (κ2) is 8.11. The zero-order chi connectivity index (χ0) is 23.1. The summed E-state index contributed by atoms with van der Waals surface area (Å²) < 4.78 is 11.1. The molecule has 0 bridgehead atoms. The van der Waals surface area contributed by atoms with Crippen molar-refractivity contribution in [2.75, 3.05) is 12.0 Å². The lowest BCUT2D eigenvalue weighted by Gasteiger charge is -2.26. The highest BCUT2D eigenvalue weighted by Crippen LogP contribution is 2.42. The van der Waals surface area contributed by atoms with Crippen molar-refractivity contribution < 1.29 is 23.8 Å². The first-order valence-electron chi connectivity index (χ1n) is 10.0. The Kier molecular flexibility index (Phi) is 5.11. The van der Waals surface area contributed by atoms with Crippen molar-refractivity contribution in [3.8, 4) is 5.75 Å². The molecule has 1 N–H and O–H groups in total. The Bertz CT molecular complexity index is 1410. The fourth-order valence-electron chi connectivity index (χ4n) is 3.96. The van der Waals surface area contributed by atoms with Gasteiger partial charge in [-0.2, -0.15) is 0 Å². The van der Waals surface area contributed by atoms with Crippen LogP contribution in [0.25, 0.3) is 11.0 Å². The average Bonchev–Trinajstić information content (AvgIpc) is 3.39. The number of methoxy groups -OCH3 is 1. The van der Waals surface area contributed by atoms with Crippen molar-refractivity contribution in [2.45, 2.75) is 6.04 Å². The van der Waals surface area contributed by atoms with E-state index in [4.69, 9.17) is 20.8 Å². The van der Waals surface area contributed by atoms with Gasteiger partial charge in [-0.1, -0.05) is 29.8 Å². The van der Waals surface area contributed by atoms with E-state index in [0.717, 1.165) is 0 Å². The lowest BCUT2D eigenvalue weighted by molar-refractivity contribution is -0.117. The number of anilines is 1. The number of rotatable bonds is 5. The minimum atomic E-state index is -0.956. The lowest BCUT2D eigenvalue weighted by atomic mass is 9.98. The lowest BCUT2D eigenvalue weighted by Crippen LogP contribution is -2.31. The number of para-hydroxylation sites is 1. The number of halogens is 1. The van der Waals surface area contributed by atoms with E-state index in [9.17, 15) is 14.7 Å². The van der Waals surface area contributed by atoms with E-state index in [1.165, 1.54) is 12.0 Å². The van der Waals surface area contributed by atoms with E-state index in [1.807, 2.05) is 0 Å². The van der Waals surface area contributed by atoms with Gasteiger partial charge in [0.2, 0.25) is 5.78 Å². The number of Topliss-reactive ketones (excluding diaryl/α,β-unsaturated/α-hetero) is 1. The van der Waals surface area contributed by atoms with Crippen LogP contribution in [0.3, 0.4) is 0 Å². The van der Waals surface area contributed by atoms with Crippen LogP contribution in [-0.2, 0) is 4.79 Å². The van der Waals surface area contributed by atoms with Crippen LogP contribution in [0.5, 0.6) is 5.75 Å². The number of hydrogen-bond donors (Lipinski definition) is 1. The number of aromatic nitrogens is 1. The molecule has 5 rings (SSSR count). The average molecular weight is 461 g/mol. The molecule has 2 aromatic heterocycles. The van der Waals surface area contributed by atoms with Crippen molar-refractivity contribution in [1.82, 2.24) is 4.98 Å². The maximum atomic E-state index is 13.6. The van der Waals surface area contributed by atoms with E-state index in [-0.39, 0.29) is 11.3 Å². The van der Waals surface area contributed by atoms with Crippen molar-refractivity contribution in [3.63, 3.8) is 0 Å². The molecule has 1 amide bonds. The van der Waals surface area contributed by atoms with Crippen LogP contribution in [-0.4, -0.2) is 28.9 Å². The number of furan rings is 1. The summed E-state index contributed by atoms with van der Waals surface area (Å²) in [5.41, 5.74) is 1.16. The molecule has 3 heterocycles. The molecule has 8 heteroatoms. The second-order valence-corrected chi connectivity index (χ2v) is 7.83. The molecular formula is C25H17ClN2O5. The molecule has 0 fully saturated rings. The Morgan fingerprint density at radius 3 is 2.61 bits per heavy atom. The zero-order valence-electron chi connectivity index (χ0n) is 17.4. The Labute approximate surface area is 193 Å². The SMILES string of the molecule is COc1cccc2cc(C(=O)C3=C(O)C(=O)N(c4ccc(Cl)cc4)C3c3ccccn3)oc12. The highest BCUT2D eigenvalue weighted by atomic mass is 35.5. The second-order valence-electron chi connectivity index (χ2n) is 7.39. The molecule has 0 radical (unpaired) electrons. The number of ether oxygens (including phenoxy) is 1. The molecule has 0 saturated carbocycles. The van der Waals surface area contributed by atoms with Crippen LogP contribution in [0.1, 0.15) is 22.3 Å². The minimum Gasteiger partial charge on any atom is -0.503 e. The van der Waals surface area contributed by atoms with E-state index < -0.39 is 23.5 Å². The van der Waals surface area contributed by atoms with Gasteiger partial charge in [-0.3, -0.25) is 19.5 Å². The van der Waals surface area contributed by atoms with Crippen LogP contribution < -0.4 is 9.64 Å². The van der Waals surface area contributed by atoms with Gasteiger partial charge in [0.05, 0.1) is 18.4 Å². The van der Waals surface area contributed by atoms with Crippen LogP contribution >= 0.6 is 11.6 Å². The predicted octanol–water partition coefficient (Wildman–Crippen LogP) is 5.27. The van der Waals surface area contributed by atoms with E-state index in [1.54, 1.807) is 72.9 Å². The predicted molar refractivity (Wildman–Crippen MR) is 123 cm³/mol. The summed E-state index contributed by atoms with van der Waals surface area (Å²) in [6.07, 6.45) is 1.56. The molecule has 1 unspecified atom stereocenters. The van der Waals surface area contributed by atoms with Gasteiger partial charge in [-0.15, -0.1) is 0 Å². The van der Waals surface area contributed by atoms with Gasteiger partial charge in [0, 0.05) is 22.3 Å². The molecule has 7 nitrogen and oxygen atoms in total. The molecule has 0 aliphatic carbocycles. The summed E-state index contributed by atoms with van der Waals surface area (Å²) in [4.78, 5) is 32.4. The topological polar surface area (TPSA) is 92.9 Å². The molecule has 1 atom stereocenters. The summed E-state index contributed by atoms with van der Waals surface area (Å²) in [6.45, 7) is 0. The Morgan fingerprint density at radius 1 is 1.12 bits per heavy atom. The Balaban J connectivity index is 1.65. The van der Waals surface area contributed by atoms with E-state index in [2.05, 4.69) is 4.98 Å². The number of carbonyl (C=O) groups excluding carboxylic acids is 2.